The van der Waals surface area contributed by atoms with Gasteiger partial charge in [-0.2, -0.15) is 0 Å². The van der Waals surface area contributed by atoms with Crippen LogP contribution in [0.25, 0.3) is 12.2 Å². The van der Waals surface area contributed by atoms with E-state index in [2.05, 4.69) is 88.6 Å². The molecule has 51 heavy (non-hydrogen) atoms. The van der Waals surface area contributed by atoms with E-state index in [1.807, 2.05) is 121 Å². The van der Waals surface area contributed by atoms with Gasteiger partial charge in [-0.25, -0.2) is 0 Å². The molecular formula is C45H44O4Si2. The summed E-state index contributed by atoms with van der Waals surface area (Å²) in [6, 6.07) is 53.0. The Bertz CT molecular complexity index is 1900. The van der Waals surface area contributed by atoms with Gasteiger partial charge < -0.3 is 17.7 Å². The lowest BCUT2D eigenvalue weighted by Gasteiger charge is -2.30. The molecule has 0 aromatic heterocycles. The molecule has 0 saturated heterocycles. The summed E-state index contributed by atoms with van der Waals surface area (Å²) in [6.07, 6.45) is 3.65. The summed E-state index contributed by atoms with van der Waals surface area (Å²) < 4.78 is 26.8. The topological polar surface area (TPSA) is 36.9 Å². The van der Waals surface area contributed by atoms with Crippen LogP contribution in [0.3, 0.4) is 0 Å². The van der Waals surface area contributed by atoms with Gasteiger partial charge in [0, 0.05) is 28.9 Å². The summed E-state index contributed by atoms with van der Waals surface area (Å²) in [4.78, 5) is 0. The van der Waals surface area contributed by atoms with Crippen molar-refractivity contribution in [2.24, 2.45) is 0 Å². The molecule has 6 aromatic carbocycles. The number of benzene rings is 6. The lowest BCUT2D eigenvalue weighted by atomic mass is 9.78. The van der Waals surface area contributed by atoms with E-state index in [9.17, 15) is 0 Å². The normalized spacial score (nSPS) is 13.6. The van der Waals surface area contributed by atoms with E-state index in [4.69, 9.17) is 17.7 Å². The molecule has 0 saturated carbocycles. The molecule has 2 unspecified atom stereocenters. The monoisotopic (exact) mass is 704 g/mol. The van der Waals surface area contributed by atoms with Crippen LogP contribution in [-0.4, -0.2) is 17.1 Å². The maximum absolute atomic E-state index is 6.74. The highest BCUT2D eigenvalue weighted by Crippen LogP contribution is 2.34. The van der Waals surface area contributed by atoms with E-state index >= 15 is 0 Å². The van der Waals surface area contributed by atoms with E-state index in [0.29, 0.717) is 0 Å². The maximum atomic E-state index is 6.74. The van der Waals surface area contributed by atoms with E-state index in [0.717, 1.165) is 44.5 Å². The average Bonchev–Trinajstić information content (AvgIpc) is 3.16. The Labute approximate surface area is 304 Å². The van der Waals surface area contributed by atoms with Crippen molar-refractivity contribution < 1.29 is 17.7 Å². The van der Waals surface area contributed by atoms with Crippen LogP contribution in [0.5, 0.6) is 23.0 Å². The fourth-order valence-corrected chi connectivity index (χ4v) is 10.5. The molecule has 256 valence electrons. The van der Waals surface area contributed by atoms with Crippen molar-refractivity contribution in [2.45, 2.75) is 32.4 Å². The molecule has 4 nitrogen and oxygen atoms in total. The van der Waals surface area contributed by atoms with Gasteiger partial charge in [0.05, 0.1) is 0 Å². The quantitative estimate of drug-likeness (QED) is 0.106. The largest absolute Gasteiger partial charge is 0.509 e. The predicted octanol–water partition coefficient (Wildman–Crippen LogP) is 10.2. The molecule has 6 rings (SSSR count). The average molecular weight is 705 g/mol. The number of hydrogen-bond donors (Lipinski definition) is 0. The Kier molecular flexibility index (Phi) is 10.5. The molecular weight excluding hydrogens is 661 g/mol. The van der Waals surface area contributed by atoms with Crippen LogP contribution in [0.15, 0.2) is 171 Å². The second-order valence-corrected chi connectivity index (χ2v) is 19.0. The van der Waals surface area contributed by atoms with Gasteiger partial charge in [0.15, 0.2) is 0 Å². The highest BCUT2D eigenvalue weighted by Gasteiger charge is 2.40. The Balaban J connectivity index is 1.20. The summed E-state index contributed by atoms with van der Waals surface area (Å²) in [7, 11) is -5.79. The van der Waals surface area contributed by atoms with Gasteiger partial charge in [-0.3, -0.25) is 0 Å². The Morgan fingerprint density at radius 1 is 0.412 bits per heavy atom. The highest BCUT2D eigenvalue weighted by atomic mass is 28.4. The minimum absolute atomic E-state index is 0.274. The van der Waals surface area contributed by atoms with Crippen LogP contribution in [0.2, 0.25) is 13.1 Å². The van der Waals surface area contributed by atoms with Crippen LogP contribution in [-0.2, 0) is 5.41 Å². The Hall–Kier alpha value is -5.57. The summed E-state index contributed by atoms with van der Waals surface area (Å²) in [5.41, 5.74) is 4.15. The van der Waals surface area contributed by atoms with Gasteiger partial charge in [-0.1, -0.05) is 148 Å². The highest BCUT2D eigenvalue weighted by molar-refractivity contribution is 6.81. The third-order valence-electron chi connectivity index (χ3n) is 9.23. The van der Waals surface area contributed by atoms with Crippen LogP contribution < -0.4 is 28.1 Å². The van der Waals surface area contributed by atoms with Crippen molar-refractivity contribution in [3.63, 3.8) is 0 Å². The maximum Gasteiger partial charge on any atom is 0.492 e. The molecule has 0 aliphatic rings. The molecule has 0 amide bonds. The van der Waals surface area contributed by atoms with Crippen molar-refractivity contribution in [2.75, 3.05) is 0 Å². The van der Waals surface area contributed by atoms with Gasteiger partial charge in [-0.05, 0) is 70.8 Å². The van der Waals surface area contributed by atoms with Crippen LogP contribution in [0.1, 0.15) is 36.1 Å². The van der Waals surface area contributed by atoms with E-state index < -0.39 is 17.1 Å². The molecule has 0 N–H and O–H groups in total. The van der Waals surface area contributed by atoms with Crippen molar-refractivity contribution in [1.29, 1.82) is 0 Å². The molecule has 6 heteroatoms. The van der Waals surface area contributed by atoms with Crippen molar-refractivity contribution in [3.8, 4) is 23.0 Å². The number of rotatable bonds is 14. The van der Waals surface area contributed by atoms with E-state index in [1.165, 1.54) is 11.1 Å². The zero-order chi connectivity index (χ0) is 35.9. The first-order valence-corrected chi connectivity index (χ1v) is 21.8. The fourth-order valence-electron chi connectivity index (χ4n) is 6.05. The summed E-state index contributed by atoms with van der Waals surface area (Å²) in [5.74, 6) is 3.07. The lowest BCUT2D eigenvalue weighted by molar-refractivity contribution is 0.408. The molecule has 2 atom stereocenters. The number of hydrogen-bond acceptors (Lipinski definition) is 4. The summed E-state index contributed by atoms with van der Waals surface area (Å²) >= 11 is 0. The molecule has 6 aromatic rings. The van der Waals surface area contributed by atoms with E-state index in [-0.39, 0.29) is 5.41 Å². The summed E-state index contributed by atoms with van der Waals surface area (Å²) in [5, 5.41) is 2.10. The van der Waals surface area contributed by atoms with Crippen molar-refractivity contribution >= 4 is 39.6 Å². The first kappa shape index (κ1) is 35.3. The van der Waals surface area contributed by atoms with Gasteiger partial charge in [0.1, 0.15) is 23.0 Å². The lowest BCUT2D eigenvalue weighted by Crippen LogP contribution is -2.56. The van der Waals surface area contributed by atoms with Crippen LogP contribution in [0, 0.1) is 0 Å². The van der Waals surface area contributed by atoms with Crippen molar-refractivity contribution in [1.82, 2.24) is 0 Å². The predicted molar refractivity (Wildman–Crippen MR) is 216 cm³/mol. The van der Waals surface area contributed by atoms with Gasteiger partial charge in [-0.15, -0.1) is 0 Å². The zero-order valence-electron chi connectivity index (χ0n) is 29.7. The van der Waals surface area contributed by atoms with Crippen molar-refractivity contribution in [3.05, 3.63) is 193 Å². The zero-order valence-corrected chi connectivity index (χ0v) is 31.7. The summed E-state index contributed by atoms with van der Waals surface area (Å²) in [6.45, 7) is 16.3. The standard InChI is InChI=1S/C45H44O4Si2/c1-7-35-19-27-39(28-20-35)46-50(5,43-15-11-9-12-16-43)48-41-31-23-37(24-32-41)45(3,4)38-25-33-42(34-26-38)49-51(6,44-17-13-10-14-18-44)47-40-29-21-36(8-2)22-30-40/h7-34H,1-2H2,3-6H3. The van der Waals surface area contributed by atoms with Crippen LogP contribution in [0.4, 0.5) is 0 Å². The van der Waals surface area contributed by atoms with Gasteiger partial charge in [0.25, 0.3) is 0 Å². The third-order valence-corrected chi connectivity index (χ3v) is 14.5. The van der Waals surface area contributed by atoms with Gasteiger partial charge >= 0.3 is 17.1 Å². The molecule has 0 aliphatic heterocycles. The van der Waals surface area contributed by atoms with Crippen LogP contribution >= 0.6 is 0 Å². The van der Waals surface area contributed by atoms with Gasteiger partial charge in [0.2, 0.25) is 0 Å². The Morgan fingerprint density at radius 2 is 0.686 bits per heavy atom. The first-order chi connectivity index (χ1) is 24.6. The second kappa shape index (κ2) is 15.1. The first-order valence-electron chi connectivity index (χ1n) is 17.1. The van der Waals surface area contributed by atoms with E-state index in [1.54, 1.807) is 0 Å². The smallest absolute Gasteiger partial charge is 0.492 e. The molecule has 0 spiro atoms. The SMILES string of the molecule is C=Cc1ccc(O[Si](C)(Oc2ccc(C(C)(C)c3ccc(O[Si](C)(Oc4ccc(C=C)cc4)c4ccccc4)cc3)cc2)c2ccccc2)cc1. The molecule has 0 bridgehead atoms. The Morgan fingerprint density at radius 3 is 0.961 bits per heavy atom. The second-order valence-electron chi connectivity index (χ2n) is 13.3. The third kappa shape index (κ3) is 8.26. The molecule has 0 aliphatic carbocycles. The molecule has 0 fully saturated rings. The molecule has 0 heterocycles. The minimum Gasteiger partial charge on any atom is -0.509 e. The molecule has 0 radical (unpaired) electrons. The minimum atomic E-state index is -2.89. The fraction of sp³-hybridized carbons (Fsp3) is 0.111.